The van der Waals surface area contributed by atoms with Gasteiger partial charge in [0.05, 0.1) is 17.2 Å². The second-order valence-electron chi connectivity index (χ2n) is 10.4. The fraction of sp³-hybridized carbons (Fsp3) is 0.367. The van der Waals surface area contributed by atoms with Crippen LogP contribution in [0.3, 0.4) is 0 Å². The monoisotopic (exact) mass is 594 g/mol. The maximum atomic E-state index is 13.8. The molecule has 0 bridgehead atoms. The van der Waals surface area contributed by atoms with Crippen LogP contribution in [-0.2, 0) is 17.4 Å². The lowest BCUT2D eigenvalue weighted by Crippen LogP contribution is -2.57. The Kier molecular flexibility index (Phi) is 8.66. The Morgan fingerprint density at radius 2 is 1.67 bits per heavy atom. The highest BCUT2D eigenvalue weighted by atomic mass is 19.4. The number of benzene rings is 2. The van der Waals surface area contributed by atoms with Crippen molar-refractivity contribution in [3.8, 4) is 11.8 Å². The number of nitriles is 1. The van der Waals surface area contributed by atoms with Crippen LogP contribution in [0.25, 0.3) is 0 Å². The van der Waals surface area contributed by atoms with Gasteiger partial charge in [0, 0.05) is 45.1 Å². The molecule has 2 aliphatic heterocycles. The van der Waals surface area contributed by atoms with Gasteiger partial charge in [-0.2, -0.15) is 18.4 Å². The van der Waals surface area contributed by atoms with Crippen molar-refractivity contribution in [2.75, 3.05) is 36.0 Å². The lowest BCUT2D eigenvalue weighted by atomic mass is 10.0. The molecular formula is C30H29F3N6O4. The molecule has 2 fully saturated rings. The molecule has 0 spiro atoms. The van der Waals surface area contributed by atoms with Crippen LogP contribution in [0.1, 0.15) is 46.6 Å². The molecule has 0 radical (unpaired) electrons. The molecule has 3 aromatic rings. The highest BCUT2D eigenvalue weighted by Gasteiger charge is 2.40. The number of carboxylic acid groups (broad SMARTS) is 1. The minimum Gasteiger partial charge on any atom is -0.490 e. The molecule has 13 heteroatoms. The van der Waals surface area contributed by atoms with E-state index in [-0.39, 0.29) is 29.2 Å². The second kappa shape index (κ2) is 12.6. The molecular weight excluding hydrogens is 565 g/mol. The number of piperidine rings is 1. The predicted octanol–water partition coefficient (Wildman–Crippen LogP) is 4.05. The zero-order valence-corrected chi connectivity index (χ0v) is 23.0. The summed E-state index contributed by atoms with van der Waals surface area (Å²) in [6.07, 6.45) is -2.88. The molecule has 2 aromatic carbocycles. The van der Waals surface area contributed by atoms with Gasteiger partial charge in [-0.3, -0.25) is 4.79 Å². The maximum Gasteiger partial charge on any atom is 0.451 e. The van der Waals surface area contributed by atoms with E-state index in [2.05, 4.69) is 21.4 Å². The fourth-order valence-corrected chi connectivity index (χ4v) is 5.06. The molecule has 1 amide bonds. The maximum absolute atomic E-state index is 13.8. The van der Waals surface area contributed by atoms with Gasteiger partial charge < -0.3 is 25.0 Å². The van der Waals surface area contributed by atoms with Crippen molar-refractivity contribution in [3.05, 3.63) is 77.1 Å². The second-order valence-corrected chi connectivity index (χ2v) is 10.4. The van der Waals surface area contributed by atoms with Crippen LogP contribution in [0.15, 0.2) is 54.6 Å². The van der Waals surface area contributed by atoms with Gasteiger partial charge in [0.15, 0.2) is 0 Å². The van der Waals surface area contributed by atoms with E-state index in [0.29, 0.717) is 63.2 Å². The molecule has 1 aromatic heterocycles. The standard InChI is InChI=1S/C30H29F3N6O4/c31-30(32,33)29-36-25(38-14-10-23(11-15-38)43-22-7-5-21(6-8-22)28(41)42)17-26(37-29)39-16-12-24(39)27(40)35-13-9-19-1-3-20(18-34)4-2-19/h1-8,17,23-24H,9-16H2,(H,35,40)(H,41,42)/t24-/m0/s1. The third-order valence-electron chi connectivity index (χ3n) is 7.54. The smallest absolute Gasteiger partial charge is 0.451 e. The number of hydrogen-bond acceptors (Lipinski definition) is 8. The molecule has 43 heavy (non-hydrogen) atoms. The van der Waals surface area contributed by atoms with E-state index in [4.69, 9.17) is 15.1 Å². The molecule has 10 nitrogen and oxygen atoms in total. The number of nitrogens with one attached hydrogen (secondary N) is 1. The Labute approximate surface area is 245 Å². The first kappa shape index (κ1) is 29.6. The Hall–Kier alpha value is -4.86. The van der Waals surface area contributed by atoms with E-state index in [1.165, 1.54) is 18.2 Å². The number of carbonyl (C=O) groups is 2. The Morgan fingerprint density at radius 3 is 2.26 bits per heavy atom. The van der Waals surface area contributed by atoms with Crippen molar-refractivity contribution in [3.63, 3.8) is 0 Å². The van der Waals surface area contributed by atoms with Gasteiger partial charge in [-0.25, -0.2) is 14.8 Å². The third-order valence-corrected chi connectivity index (χ3v) is 7.54. The van der Waals surface area contributed by atoms with Crippen molar-refractivity contribution < 1.29 is 32.6 Å². The van der Waals surface area contributed by atoms with Crippen LogP contribution >= 0.6 is 0 Å². The van der Waals surface area contributed by atoms with Gasteiger partial charge >= 0.3 is 12.1 Å². The fourth-order valence-electron chi connectivity index (χ4n) is 5.06. The van der Waals surface area contributed by atoms with Crippen molar-refractivity contribution in [1.82, 2.24) is 15.3 Å². The lowest BCUT2D eigenvalue weighted by Gasteiger charge is -2.41. The summed E-state index contributed by atoms with van der Waals surface area (Å²) in [5, 5.41) is 20.8. The first-order valence-corrected chi connectivity index (χ1v) is 13.9. The largest absolute Gasteiger partial charge is 0.490 e. The number of aromatic carboxylic acids is 1. The van der Waals surface area contributed by atoms with Crippen LogP contribution in [0.5, 0.6) is 5.75 Å². The average Bonchev–Trinajstić information content (AvgIpc) is 2.97. The van der Waals surface area contributed by atoms with E-state index in [1.807, 2.05) is 12.1 Å². The van der Waals surface area contributed by atoms with Crippen LogP contribution in [0.2, 0.25) is 0 Å². The zero-order chi connectivity index (χ0) is 30.6. The molecule has 0 saturated carbocycles. The summed E-state index contributed by atoms with van der Waals surface area (Å²) < 4.78 is 47.3. The molecule has 0 aliphatic carbocycles. The minimum absolute atomic E-state index is 0.0488. The van der Waals surface area contributed by atoms with Crippen LogP contribution < -0.4 is 19.9 Å². The molecule has 1 atom stereocenters. The molecule has 2 aliphatic rings. The topological polar surface area (TPSA) is 132 Å². The van der Waals surface area contributed by atoms with Crippen molar-refractivity contribution >= 4 is 23.5 Å². The van der Waals surface area contributed by atoms with E-state index in [0.717, 1.165) is 5.56 Å². The number of rotatable bonds is 9. The minimum atomic E-state index is -4.77. The number of carboxylic acids is 1. The Bertz CT molecular complexity index is 1500. The first-order chi connectivity index (χ1) is 20.6. The Balaban J connectivity index is 1.21. The van der Waals surface area contributed by atoms with E-state index in [9.17, 15) is 22.8 Å². The van der Waals surface area contributed by atoms with Gasteiger partial charge in [0.2, 0.25) is 11.7 Å². The number of nitrogens with zero attached hydrogens (tertiary/aromatic N) is 5. The summed E-state index contributed by atoms with van der Waals surface area (Å²) in [6, 6.07) is 16.0. The van der Waals surface area contributed by atoms with Crippen molar-refractivity contribution in [2.45, 2.75) is 44.0 Å². The van der Waals surface area contributed by atoms with Crippen molar-refractivity contribution in [1.29, 1.82) is 5.26 Å². The molecule has 2 N–H and O–H groups in total. The Morgan fingerprint density at radius 1 is 1.00 bits per heavy atom. The summed E-state index contributed by atoms with van der Waals surface area (Å²) in [5.41, 5.74) is 1.64. The van der Waals surface area contributed by atoms with Gasteiger partial charge in [0.1, 0.15) is 29.5 Å². The van der Waals surface area contributed by atoms with Crippen LogP contribution in [-0.4, -0.2) is 65.3 Å². The summed E-state index contributed by atoms with van der Waals surface area (Å²) >= 11 is 0. The number of carbonyl (C=O) groups excluding carboxylic acids is 1. The van der Waals surface area contributed by atoms with Gasteiger partial charge in [0.25, 0.3) is 0 Å². The zero-order valence-electron chi connectivity index (χ0n) is 23.0. The first-order valence-electron chi connectivity index (χ1n) is 13.9. The van der Waals surface area contributed by atoms with E-state index >= 15 is 0 Å². The number of anilines is 2. The van der Waals surface area contributed by atoms with Crippen LogP contribution in [0, 0.1) is 11.3 Å². The summed E-state index contributed by atoms with van der Waals surface area (Å²) in [4.78, 5) is 34.8. The molecule has 224 valence electrons. The number of amides is 1. The van der Waals surface area contributed by atoms with E-state index < -0.39 is 24.0 Å². The number of halogens is 3. The van der Waals surface area contributed by atoms with Crippen molar-refractivity contribution in [2.24, 2.45) is 0 Å². The molecule has 3 heterocycles. The quantitative estimate of drug-likeness (QED) is 0.377. The number of hydrogen-bond donors (Lipinski definition) is 2. The predicted molar refractivity (Wildman–Crippen MR) is 150 cm³/mol. The molecule has 5 rings (SSSR count). The average molecular weight is 595 g/mol. The summed E-state index contributed by atoms with van der Waals surface area (Å²) in [6.45, 7) is 1.52. The SMILES string of the molecule is N#Cc1ccc(CCNC(=O)[C@@H]2CCN2c2cc(N3CCC(Oc4ccc(C(=O)O)cc4)CC3)nc(C(F)(F)F)n2)cc1. The molecule has 0 unspecified atom stereocenters. The summed E-state index contributed by atoms with van der Waals surface area (Å²) in [7, 11) is 0. The van der Waals surface area contributed by atoms with Crippen LogP contribution in [0.4, 0.5) is 24.8 Å². The summed E-state index contributed by atoms with van der Waals surface area (Å²) in [5.74, 6) is -1.88. The van der Waals surface area contributed by atoms with Gasteiger partial charge in [-0.1, -0.05) is 12.1 Å². The normalized spacial score (nSPS) is 17.1. The van der Waals surface area contributed by atoms with Gasteiger partial charge in [-0.05, 0) is 54.8 Å². The number of alkyl halides is 3. The number of ether oxygens (including phenoxy) is 1. The molecule has 2 saturated heterocycles. The highest BCUT2D eigenvalue weighted by Crippen LogP contribution is 2.34. The lowest BCUT2D eigenvalue weighted by molar-refractivity contribution is -0.144. The highest BCUT2D eigenvalue weighted by molar-refractivity contribution is 5.87. The van der Waals surface area contributed by atoms with E-state index in [1.54, 1.807) is 34.1 Å². The van der Waals surface area contributed by atoms with Gasteiger partial charge in [-0.15, -0.1) is 0 Å². The number of aromatic nitrogens is 2. The third kappa shape index (κ3) is 7.14.